The van der Waals surface area contributed by atoms with Gasteiger partial charge in [-0.2, -0.15) is 0 Å². The third-order valence-electron chi connectivity index (χ3n) is 5.84. The average molecular weight is 443 g/mol. The lowest BCUT2D eigenvalue weighted by atomic mass is 9.87. The maximum atomic E-state index is 13.3. The molecular formula is C24H27ClN2O4. The lowest BCUT2D eigenvalue weighted by molar-refractivity contribution is 0.0705. The van der Waals surface area contributed by atoms with Crippen LogP contribution in [0.4, 0.5) is 5.88 Å². The van der Waals surface area contributed by atoms with E-state index in [1.54, 1.807) is 12.1 Å². The number of furan rings is 1. The zero-order chi connectivity index (χ0) is 21.8. The molecule has 2 atom stereocenters. The fourth-order valence-corrected chi connectivity index (χ4v) is 4.28. The molecule has 0 saturated carbocycles. The second-order valence-corrected chi connectivity index (χ2v) is 8.39. The summed E-state index contributed by atoms with van der Waals surface area (Å²) in [5, 5.41) is 4.99. The molecule has 7 heteroatoms. The van der Waals surface area contributed by atoms with Crippen molar-refractivity contribution in [2.24, 2.45) is 5.92 Å². The molecule has 3 aromatic rings. The van der Waals surface area contributed by atoms with Crippen molar-refractivity contribution in [3.63, 3.8) is 0 Å². The zero-order valence-electron chi connectivity index (χ0n) is 17.8. The van der Waals surface area contributed by atoms with E-state index in [2.05, 4.69) is 5.16 Å². The molecule has 1 aromatic carbocycles. The first kappa shape index (κ1) is 21.7. The van der Waals surface area contributed by atoms with Crippen molar-refractivity contribution in [3.8, 4) is 11.3 Å². The summed E-state index contributed by atoms with van der Waals surface area (Å²) in [5.74, 6) is 0.704. The molecule has 0 bridgehead atoms. The SMILES string of the molecule is CCN(C)c1onc(-c2cccc(Cl)c2)c1CC(CC1CCCO1)C(=O)c1ccco1. The molecule has 31 heavy (non-hydrogen) atoms. The minimum absolute atomic E-state index is 0.0242. The minimum Gasteiger partial charge on any atom is -0.461 e. The highest BCUT2D eigenvalue weighted by Crippen LogP contribution is 2.36. The second-order valence-electron chi connectivity index (χ2n) is 7.95. The summed E-state index contributed by atoms with van der Waals surface area (Å²) in [6.45, 7) is 3.54. The number of hydrogen-bond acceptors (Lipinski definition) is 6. The van der Waals surface area contributed by atoms with Gasteiger partial charge in [-0.3, -0.25) is 4.79 Å². The Hall–Kier alpha value is -2.57. The normalized spacial score (nSPS) is 17.1. The van der Waals surface area contributed by atoms with Crippen LogP contribution in [0.2, 0.25) is 5.02 Å². The summed E-state index contributed by atoms with van der Waals surface area (Å²) in [4.78, 5) is 15.3. The maximum absolute atomic E-state index is 13.3. The van der Waals surface area contributed by atoms with E-state index in [9.17, 15) is 4.79 Å². The number of halogens is 1. The molecule has 1 aliphatic rings. The summed E-state index contributed by atoms with van der Waals surface area (Å²) in [7, 11) is 1.95. The summed E-state index contributed by atoms with van der Waals surface area (Å²) < 4.78 is 17.0. The summed E-state index contributed by atoms with van der Waals surface area (Å²) in [5.41, 5.74) is 2.47. The Morgan fingerprint density at radius 2 is 2.19 bits per heavy atom. The van der Waals surface area contributed by atoms with Crippen LogP contribution in [-0.4, -0.2) is 37.2 Å². The number of carbonyl (C=O) groups excluding carboxylic acids is 1. The lowest BCUT2D eigenvalue weighted by Crippen LogP contribution is -2.24. The van der Waals surface area contributed by atoms with Crippen LogP contribution in [-0.2, 0) is 11.2 Å². The number of benzene rings is 1. The fourth-order valence-electron chi connectivity index (χ4n) is 4.09. The minimum atomic E-state index is -0.310. The fraction of sp³-hybridized carbons (Fsp3) is 0.417. The summed E-state index contributed by atoms with van der Waals surface area (Å²) in [6.07, 6.45) is 4.71. The van der Waals surface area contributed by atoms with Crippen LogP contribution < -0.4 is 4.90 Å². The molecule has 2 unspecified atom stereocenters. The molecule has 0 aliphatic carbocycles. The topological polar surface area (TPSA) is 68.7 Å². The third-order valence-corrected chi connectivity index (χ3v) is 6.08. The van der Waals surface area contributed by atoms with Crippen molar-refractivity contribution in [3.05, 3.63) is 59.0 Å². The molecule has 2 aromatic heterocycles. The first-order valence-corrected chi connectivity index (χ1v) is 11.1. The number of aromatic nitrogens is 1. The van der Waals surface area contributed by atoms with E-state index in [1.807, 2.05) is 43.1 Å². The molecule has 0 radical (unpaired) electrons. The number of carbonyl (C=O) groups is 1. The molecule has 4 rings (SSSR count). The maximum Gasteiger partial charge on any atom is 0.230 e. The van der Waals surface area contributed by atoms with Crippen LogP contribution in [0.25, 0.3) is 11.3 Å². The van der Waals surface area contributed by atoms with E-state index in [1.165, 1.54) is 6.26 Å². The molecule has 164 valence electrons. The molecule has 6 nitrogen and oxygen atoms in total. The third kappa shape index (κ3) is 4.86. The van der Waals surface area contributed by atoms with Gasteiger partial charge in [0.15, 0.2) is 5.76 Å². The van der Waals surface area contributed by atoms with Crippen molar-refractivity contribution in [2.75, 3.05) is 25.1 Å². The van der Waals surface area contributed by atoms with E-state index in [-0.39, 0.29) is 17.8 Å². The van der Waals surface area contributed by atoms with Crippen LogP contribution in [0.15, 0.2) is 51.6 Å². The van der Waals surface area contributed by atoms with Crippen LogP contribution in [0, 0.1) is 5.92 Å². The van der Waals surface area contributed by atoms with Crippen LogP contribution in [0.5, 0.6) is 0 Å². The number of ether oxygens (including phenoxy) is 1. The van der Waals surface area contributed by atoms with Crippen molar-refractivity contribution in [1.82, 2.24) is 5.16 Å². The Balaban J connectivity index is 1.72. The number of nitrogens with zero attached hydrogens (tertiary/aromatic N) is 2. The zero-order valence-corrected chi connectivity index (χ0v) is 18.6. The van der Waals surface area contributed by atoms with Gasteiger partial charge >= 0.3 is 0 Å². The average Bonchev–Trinajstić information content (AvgIpc) is 3.54. The van der Waals surface area contributed by atoms with Gasteiger partial charge in [-0.05, 0) is 56.9 Å². The van der Waals surface area contributed by atoms with Gasteiger partial charge < -0.3 is 18.6 Å². The Morgan fingerprint density at radius 3 is 2.87 bits per heavy atom. The monoisotopic (exact) mass is 442 g/mol. The van der Waals surface area contributed by atoms with E-state index in [4.69, 9.17) is 25.3 Å². The molecule has 3 heterocycles. The first-order valence-electron chi connectivity index (χ1n) is 10.7. The van der Waals surface area contributed by atoms with E-state index in [0.29, 0.717) is 35.2 Å². The summed E-state index contributed by atoms with van der Waals surface area (Å²) in [6, 6.07) is 11.0. The highest BCUT2D eigenvalue weighted by molar-refractivity contribution is 6.30. The highest BCUT2D eigenvalue weighted by atomic mass is 35.5. The number of rotatable bonds is 9. The standard InChI is InChI=1S/C24H27ClN2O4/c1-3-27(2)24-20(22(26-31-24)16-7-4-8-18(25)13-16)15-17(14-19-9-5-11-29-19)23(28)21-10-6-12-30-21/h4,6-8,10,12-13,17,19H,3,5,9,11,14-15H2,1-2H3. The Bertz CT molecular complexity index is 1010. The van der Waals surface area contributed by atoms with Crippen LogP contribution in [0.1, 0.15) is 42.3 Å². The number of anilines is 1. The van der Waals surface area contributed by atoms with Gasteiger partial charge in [0.1, 0.15) is 5.69 Å². The molecule has 0 amide bonds. The summed E-state index contributed by atoms with van der Waals surface area (Å²) >= 11 is 6.23. The number of hydrogen-bond donors (Lipinski definition) is 0. The number of ketones is 1. The Kier molecular flexibility index (Phi) is 6.78. The van der Waals surface area contributed by atoms with E-state index in [0.717, 1.165) is 37.1 Å². The van der Waals surface area contributed by atoms with Gasteiger partial charge in [-0.1, -0.05) is 28.9 Å². The quantitative estimate of drug-likeness (QED) is 0.398. The molecule has 0 N–H and O–H groups in total. The van der Waals surface area contributed by atoms with Gasteiger partial charge in [-0.25, -0.2) is 0 Å². The molecular weight excluding hydrogens is 416 g/mol. The van der Waals surface area contributed by atoms with Gasteiger partial charge in [0, 0.05) is 42.3 Å². The van der Waals surface area contributed by atoms with Crippen molar-refractivity contribution >= 4 is 23.3 Å². The van der Waals surface area contributed by atoms with Crippen molar-refractivity contribution in [2.45, 2.75) is 38.7 Å². The predicted molar refractivity (Wildman–Crippen MR) is 120 cm³/mol. The molecule has 1 aliphatic heterocycles. The van der Waals surface area contributed by atoms with Crippen molar-refractivity contribution < 1.29 is 18.5 Å². The Labute approximate surface area is 187 Å². The molecule has 1 saturated heterocycles. The van der Waals surface area contributed by atoms with Crippen molar-refractivity contribution in [1.29, 1.82) is 0 Å². The number of Topliss-reactive ketones (excluding diaryl/α,β-unsaturated/α-hetero) is 1. The van der Waals surface area contributed by atoms with Gasteiger partial charge in [-0.15, -0.1) is 0 Å². The largest absolute Gasteiger partial charge is 0.461 e. The first-order chi connectivity index (χ1) is 15.1. The highest BCUT2D eigenvalue weighted by Gasteiger charge is 2.32. The second kappa shape index (κ2) is 9.71. The lowest BCUT2D eigenvalue weighted by Gasteiger charge is -2.20. The van der Waals surface area contributed by atoms with Crippen LogP contribution in [0.3, 0.4) is 0 Å². The van der Waals surface area contributed by atoms with E-state index >= 15 is 0 Å². The Morgan fingerprint density at radius 1 is 1.32 bits per heavy atom. The van der Waals surface area contributed by atoms with Gasteiger partial charge in [0.05, 0.1) is 12.4 Å². The van der Waals surface area contributed by atoms with Gasteiger partial charge in [0.2, 0.25) is 11.7 Å². The smallest absolute Gasteiger partial charge is 0.230 e. The predicted octanol–water partition coefficient (Wildman–Crippen LogP) is 5.65. The van der Waals surface area contributed by atoms with Crippen LogP contribution >= 0.6 is 11.6 Å². The van der Waals surface area contributed by atoms with E-state index < -0.39 is 0 Å². The molecule has 1 fully saturated rings. The molecule has 0 spiro atoms. The van der Waals surface area contributed by atoms with Gasteiger partial charge in [0.25, 0.3) is 0 Å².